The molecule has 0 heterocycles. The van der Waals surface area contributed by atoms with Crippen LogP contribution >= 0.6 is 0 Å². The van der Waals surface area contributed by atoms with Gasteiger partial charge in [0.1, 0.15) is 0 Å². The number of fused-ring (bicyclic) bond motifs is 2. The standard InChI is InChI=1S/C15H22O4/c1-3-7-18-13(16)15(14(17)19-8-4-2)10-11-5-6-12(15)9-11/h5-6,11-12H,3-4,7-10H2,1-2H3. The van der Waals surface area contributed by atoms with Crippen LogP contribution in [0.3, 0.4) is 0 Å². The van der Waals surface area contributed by atoms with E-state index in [1.54, 1.807) is 0 Å². The van der Waals surface area contributed by atoms with Crippen LogP contribution in [0, 0.1) is 17.3 Å². The molecule has 0 N–H and O–H groups in total. The molecule has 0 aromatic rings. The van der Waals surface area contributed by atoms with Gasteiger partial charge in [-0.3, -0.25) is 9.59 Å². The number of allylic oxidation sites excluding steroid dienone is 2. The lowest BCUT2D eigenvalue weighted by Gasteiger charge is -2.30. The van der Waals surface area contributed by atoms with E-state index in [-0.39, 0.29) is 5.92 Å². The van der Waals surface area contributed by atoms with Gasteiger partial charge in [-0.1, -0.05) is 26.0 Å². The number of carbonyl (C=O) groups is 2. The van der Waals surface area contributed by atoms with Gasteiger partial charge in [0.2, 0.25) is 0 Å². The molecule has 2 rings (SSSR count). The van der Waals surface area contributed by atoms with E-state index in [4.69, 9.17) is 9.47 Å². The second-order valence-corrected chi connectivity index (χ2v) is 5.43. The van der Waals surface area contributed by atoms with Crippen molar-refractivity contribution in [2.24, 2.45) is 17.3 Å². The minimum Gasteiger partial charge on any atom is -0.465 e. The number of ether oxygens (including phenoxy) is 2. The van der Waals surface area contributed by atoms with Crippen LogP contribution in [0.15, 0.2) is 12.2 Å². The number of carbonyl (C=O) groups excluding carboxylic acids is 2. The molecular formula is C15H22O4. The maximum Gasteiger partial charge on any atom is 0.324 e. The number of hydrogen-bond donors (Lipinski definition) is 0. The monoisotopic (exact) mass is 266 g/mol. The Bertz CT molecular complexity index is 366. The number of rotatable bonds is 6. The highest BCUT2D eigenvalue weighted by Crippen LogP contribution is 2.53. The molecule has 0 spiro atoms. The van der Waals surface area contributed by atoms with E-state index >= 15 is 0 Å². The van der Waals surface area contributed by atoms with Crippen LogP contribution in [-0.2, 0) is 19.1 Å². The van der Waals surface area contributed by atoms with Gasteiger partial charge in [-0.05, 0) is 31.6 Å². The van der Waals surface area contributed by atoms with Crippen LogP contribution in [0.4, 0.5) is 0 Å². The zero-order chi connectivity index (χ0) is 13.9. The largest absolute Gasteiger partial charge is 0.465 e. The third-order valence-corrected chi connectivity index (χ3v) is 3.99. The Morgan fingerprint density at radius 3 is 2.05 bits per heavy atom. The lowest BCUT2D eigenvalue weighted by atomic mass is 9.75. The Hall–Kier alpha value is -1.32. The third-order valence-electron chi connectivity index (χ3n) is 3.99. The van der Waals surface area contributed by atoms with Crippen LogP contribution in [0.5, 0.6) is 0 Å². The molecule has 4 nitrogen and oxygen atoms in total. The molecule has 0 aliphatic heterocycles. The number of hydrogen-bond acceptors (Lipinski definition) is 4. The summed E-state index contributed by atoms with van der Waals surface area (Å²) in [6.45, 7) is 4.61. The van der Waals surface area contributed by atoms with Crippen molar-refractivity contribution in [2.75, 3.05) is 13.2 Å². The van der Waals surface area contributed by atoms with E-state index in [2.05, 4.69) is 6.08 Å². The molecule has 2 aliphatic carbocycles. The molecule has 4 heteroatoms. The molecule has 2 atom stereocenters. The van der Waals surface area contributed by atoms with Gasteiger partial charge in [0.05, 0.1) is 13.2 Å². The summed E-state index contributed by atoms with van der Waals surface area (Å²) in [5.74, 6) is -0.529. The highest BCUT2D eigenvalue weighted by molar-refractivity contribution is 6.01. The molecule has 2 bridgehead atoms. The van der Waals surface area contributed by atoms with Gasteiger partial charge in [-0.15, -0.1) is 0 Å². The van der Waals surface area contributed by atoms with Gasteiger partial charge in [0.25, 0.3) is 0 Å². The van der Waals surface area contributed by atoms with Gasteiger partial charge >= 0.3 is 11.9 Å². The zero-order valence-corrected chi connectivity index (χ0v) is 11.7. The summed E-state index contributed by atoms with van der Waals surface area (Å²) in [6, 6.07) is 0. The SMILES string of the molecule is CCCOC(=O)C1(C(=O)OCCC)CC2C=CC1C2. The first-order valence-corrected chi connectivity index (χ1v) is 7.18. The van der Waals surface area contributed by atoms with Gasteiger partial charge in [-0.25, -0.2) is 0 Å². The van der Waals surface area contributed by atoms with E-state index in [0.29, 0.717) is 25.6 Å². The summed E-state index contributed by atoms with van der Waals surface area (Å²) < 4.78 is 10.5. The lowest BCUT2D eigenvalue weighted by molar-refractivity contribution is -0.175. The van der Waals surface area contributed by atoms with Crippen LogP contribution in [-0.4, -0.2) is 25.2 Å². The maximum absolute atomic E-state index is 12.4. The predicted octanol–water partition coefficient (Wildman–Crippen LogP) is 2.48. The molecule has 0 saturated heterocycles. The molecule has 2 unspecified atom stereocenters. The summed E-state index contributed by atoms with van der Waals surface area (Å²) in [5, 5.41) is 0. The first-order chi connectivity index (χ1) is 9.15. The van der Waals surface area contributed by atoms with Crippen molar-refractivity contribution in [1.82, 2.24) is 0 Å². The van der Waals surface area contributed by atoms with Gasteiger partial charge in [0, 0.05) is 5.92 Å². The van der Waals surface area contributed by atoms with Gasteiger partial charge in [-0.2, -0.15) is 0 Å². The highest BCUT2D eigenvalue weighted by Gasteiger charge is 2.60. The fourth-order valence-corrected chi connectivity index (χ4v) is 3.06. The smallest absolute Gasteiger partial charge is 0.324 e. The second kappa shape index (κ2) is 5.76. The predicted molar refractivity (Wildman–Crippen MR) is 70.3 cm³/mol. The minimum atomic E-state index is -1.08. The maximum atomic E-state index is 12.4. The Labute approximate surface area is 114 Å². The normalized spacial score (nSPS) is 26.4. The van der Waals surface area contributed by atoms with Crippen molar-refractivity contribution in [3.8, 4) is 0 Å². The van der Waals surface area contributed by atoms with Crippen LogP contribution in [0.2, 0.25) is 0 Å². The fourth-order valence-electron chi connectivity index (χ4n) is 3.06. The summed E-state index contributed by atoms with van der Waals surface area (Å²) in [7, 11) is 0. The van der Waals surface area contributed by atoms with Crippen LogP contribution in [0.25, 0.3) is 0 Å². The van der Waals surface area contributed by atoms with Crippen molar-refractivity contribution in [3.63, 3.8) is 0 Å². The van der Waals surface area contributed by atoms with Crippen molar-refractivity contribution >= 4 is 11.9 Å². The minimum absolute atomic E-state index is 0.0498. The second-order valence-electron chi connectivity index (χ2n) is 5.43. The Kier molecular flexibility index (Phi) is 4.27. The molecule has 1 fully saturated rings. The summed E-state index contributed by atoms with van der Waals surface area (Å²) >= 11 is 0. The first-order valence-electron chi connectivity index (χ1n) is 7.18. The van der Waals surface area contributed by atoms with Crippen molar-refractivity contribution in [2.45, 2.75) is 39.5 Å². The van der Waals surface area contributed by atoms with Gasteiger partial charge in [0.15, 0.2) is 5.41 Å². The summed E-state index contributed by atoms with van der Waals surface area (Å²) in [6.07, 6.45) is 7.00. The topological polar surface area (TPSA) is 52.6 Å². The molecule has 0 radical (unpaired) electrons. The van der Waals surface area contributed by atoms with Crippen molar-refractivity contribution < 1.29 is 19.1 Å². The molecule has 0 aromatic carbocycles. The Morgan fingerprint density at radius 1 is 1.11 bits per heavy atom. The molecule has 19 heavy (non-hydrogen) atoms. The van der Waals surface area contributed by atoms with Gasteiger partial charge < -0.3 is 9.47 Å². The quantitative estimate of drug-likeness (QED) is 0.421. The summed E-state index contributed by atoms with van der Waals surface area (Å²) in [5.41, 5.74) is -1.08. The zero-order valence-electron chi connectivity index (χ0n) is 11.7. The molecule has 106 valence electrons. The molecular weight excluding hydrogens is 244 g/mol. The van der Waals surface area contributed by atoms with E-state index < -0.39 is 17.4 Å². The Balaban J connectivity index is 2.17. The molecule has 0 amide bonds. The van der Waals surface area contributed by atoms with E-state index in [9.17, 15) is 9.59 Å². The lowest BCUT2D eigenvalue weighted by Crippen LogP contribution is -2.45. The van der Waals surface area contributed by atoms with Crippen LogP contribution in [0.1, 0.15) is 39.5 Å². The average molecular weight is 266 g/mol. The first kappa shape index (κ1) is 14.1. The highest BCUT2D eigenvalue weighted by atomic mass is 16.6. The van der Waals surface area contributed by atoms with E-state index in [1.165, 1.54) is 0 Å². The molecule has 0 aromatic heterocycles. The Morgan fingerprint density at radius 2 is 1.68 bits per heavy atom. The molecule has 2 aliphatic rings. The van der Waals surface area contributed by atoms with E-state index in [1.807, 2.05) is 19.9 Å². The van der Waals surface area contributed by atoms with E-state index in [0.717, 1.165) is 19.3 Å². The number of esters is 2. The fraction of sp³-hybridized carbons (Fsp3) is 0.733. The van der Waals surface area contributed by atoms with Crippen molar-refractivity contribution in [3.05, 3.63) is 12.2 Å². The van der Waals surface area contributed by atoms with Crippen molar-refractivity contribution in [1.29, 1.82) is 0 Å². The third kappa shape index (κ3) is 2.40. The summed E-state index contributed by atoms with van der Waals surface area (Å²) in [4.78, 5) is 24.7. The molecule has 1 saturated carbocycles. The average Bonchev–Trinajstić information content (AvgIpc) is 3.03. The van der Waals surface area contributed by atoms with Crippen LogP contribution < -0.4 is 0 Å².